The molecule has 0 aliphatic carbocycles. The highest BCUT2D eigenvalue weighted by Gasteiger charge is 2.21. The second-order valence-corrected chi connectivity index (χ2v) is 6.98. The van der Waals surface area contributed by atoms with Crippen LogP contribution in [0.15, 0.2) is 29.5 Å². The van der Waals surface area contributed by atoms with Gasteiger partial charge >= 0.3 is 0 Å². The van der Waals surface area contributed by atoms with E-state index in [1.165, 1.54) is 5.56 Å². The van der Waals surface area contributed by atoms with Crippen LogP contribution in [-0.4, -0.2) is 70.0 Å². The SMILES string of the molecule is CCNC(=NCc1nncn1C)N1CCN(Cc2ccc3c(c2)OCO3)CC1. The zero-order valence-corrected chi connectivity index (χ0v) is 16.5. The number of aryl methyl sites for hydroxylation is 1. The number of hydrogen-bond acceptors (Lipinski definition) is 6. The van der Waals surface area contributed by atoms with Gasteiger partial charge in [0.15, 0.2) is 23.3 Å². The van der Waals surface area contributed by atoms with Gasteiger partial charge in [-0.25, -0.2) is 4.99 Å². The first-order chi connectivity index (χ1) is 13.7. The molecule has 3 heterocycles. The van der Waals surface area contributed by atoms with Crippen molar-refractivity contribution >= 4 is 5.96 Å². The Morgan fingerprint density at radius 3 is 2.75 bits per heavy atom. The Morgan fingerprint density at radius 1 is 1.18 bits per heavy atom. The molecule has 1 aromatic heterocycles. The Hall–Kier alpha value is -2.81. The molecule has 1 aromatic carbocycles. The number of fused-ring (bicyclic) bond motifs is 1. The predicted octanol–water partition coefficient (Wildman–Crippen LogP) is 0.827. The molecule has 0 saturated carbocycles. The number of rotatable bonds is 5. The summed E-state index contributed by atoms with van der Waals surface area (Å²) in [5.41, 5.74) is 1.25. The van der Waals surface area contributed by atoms with Crippen molar-refractivity contribution in [2.24, 2.45) is 12.0 Å². The van der Waals surface area contributed by atoms with Crippen LogP contribution in [0.3, 0.4) is 0 Å². The Kier molecular flexibility index (Phi) is 5.61. The standard InChI is InChI=1S/C19H27N7O2/c1-3-20-19(21-11-18-23-22-13-24(18)2)26-8-6-25(7-9-26)12-15-4-5-16-17(10-15)28-14-27-16/h4-5,10,13H,3,6-9,11-12,14H2,1-2H3,(H,20,21). The monoisotopic (exact) mass is 385 g/mol. The average molecular weight is 385 g/mol. The van der Waals surface area contributed by atoms with Gasteiger partial charge in [-0.05, 0) is 24.6 Å². The Bertz CT molecular complexity index is 827. The van der Waals surface area contributed by atoms with E-state index in [4.69, 9.17) is 14.5 Å². The number of nitrogens with one attached hydrogen (secondary N) is 1. The highest BCUT2D eigenvalue weighted by molar-refractivity contribution is 5.80. The maximum absolute atomic E-state index is 5.49. The molecule has 0 spiro atoms. The fourth-order valence-electron chi connectivity index (χ4n) is 3.44. The first-order valence-electron chi connectivity index (χ1n) is 9.70. The number of aromatic nitrogens is 3. The van der Waals surface area contributed by atoms with E-state index in [9.17, 15) is 0 Å². The number of hydrogen-bond donors (Lipinski definition) is 1. The third-order valence-corrected chi connectivity index (χ3v) is 5.03. The maximum atomic E-state index is 5.49. The third-order valence-electron chi connectivity index (χ3n) is 5.03. The minimum absolute atomic E-state index is 0.318. The summed E-state index contributed by atoms with van der Waals surface area (Å²) in [4.78, 5) is 9.52. The van der Waals surface area contributed by atoms with Gasteiger partial charge in [0.1, 0.15) is 12.9 Å². The number of ether oxygens (including phenoxy) is 2. The first kappa shape index (κ1) is 18.5. The Morgan fingerprint density at radius 2 is 2.00 bits per heavy atom. The van der Waals surface area contributed by atoms with Crippen LogP contribution >= 0.6 is 0 Å². The molecule has 9 nitrogen and oxygen atoms in total. The van der Waals surface area contributed by atoms with E-state index >= 15 is 0 Å². The molecule has 0 amide bonds. The van der Waals surface area contributed by atoms with Gasteiger partial charge < -0.3 is 24.3 Å². The van der Waals surface area contributed by atoms with E-state index in [-0.39, 0.29) is 0 Å². The van der Waals surface area contributed by atoms with Crippen molar-refractivity contribution in [2.75, 3.05) is 39.5 Å². The normalized spacial score (nSPS) is 17.2. The molecule has 0 bridgehead atoms. The van der Waals surface area contributed by atoms with Gasteiger partial charge in [-0.1, -0.05) is 6.07 Å². The van der Waals surface area contributed by atoms with E-state index in [0.29, 0.717) is 13.3 Å². The summed E-state index contributed by atoms with van der Waals surface area (Å²) in [6.07, 6.45) is 1.70. The molecule has 2 aliphatic heterocycles. The summed E-state index contributed by atoms with van der Waals surface area (Å²) in [6, 6.07) is 6.20. The molecule has 0 atom stereocenters. The Labute approximate surface area is 165 Å². The van der Waals surface area contributed by atoms with Gasteiger partial charge in [-0.2, -0.15) is 0 Å². The van der Waals surface area contributed by atoms with Gasteiger partial charge in [0, 0.05) is 46.3 Å². The third kappa shape index (κ3) is 4.19. The molecule has 1 N–H and O–H groups in total. The quantitative estimate of drug-likeness (QED) is 0.603. The second-order valence-electron chi connectivity index (χ2n) is 6.98. The summed E-state index contributed by atoms with van der Waals surface area (Å²) in [5.74, 6) is 3.48. The molecule has 1 saturated heterocycles. The molecule has 1 fully saturated rings. The van der Waals surface area contributed by atoms with E-state index in [2.05, 4.69) is 44.4 Å². The molecule has 2 aromatic rings. The van der Waals surface area contributed by atoms with Crippen LogP contribution in [0, 0.1) is 0 Å². The van der Waals surface area contributed by atoms with E-state index in [1.807, 2.05) is 17.7 Å². The van der Waals surface area contributed by atoms with Crippen LogP contribution in [0.2, 0.25) is 0 Å². The van der Waals surface area contributed by atoms with Crippen molar-refractivity contribution in [3.63, 3.8) is 0 Å². The summed E-state index contributed by atoms with van der Waals surface area (Å²) in [6.45, 7) is 8.55. The number of guanidine groups is 1. The molecule has 150 valence electrons. The van der Waals surface area contributed by atoms with Gasteiger partial charge in [-0.15, -0.1) is 10.2 Å². The van der Waals surface area contributed by atoms with Crippen LogP contribution in [0.5, 0.6) is 11.5 Å². The number of benzene rings is 1. The molecule has 2 aliphatic rings. The minimum atomic E-state index is 0.318. The van der Waals surface area contributed by atoms with Gasteiger partial charge in [0.25, 0.3) is 0 Å². The smallest absolute Gasteiger partial charge is 0.231 e. The van der Waals surface area contributed by atoms with Crippen molar-refractivity contribution < 1.29 is 9.47 Å². The fraction of sp³-hybridized carbons (Fsp3) is 0.526. The highest BCUT2D eigenvalue weighted by Crippen LogP contribution is 2.32. The lowest BCUT2D eigenvalue weighted by molar-refractivity contribution is 0.171. The zero-order valence-electron chi connectivity index (χ0n) is 16.5. The van der Waals surface area contributed by atoms with E-state index < -0.39 is 0 Å². The summed E-state index contributed by atoms with van der Waals surface area (Å²) in [7, 11) is 1.94. The van der Waals surface area contributed by atoms with Crippen LogP contribution in [0.1, 0.15) is 18.3 Å². The molecular formula is C19H27N7O2. The van der Waals surface area contributed by atoms with Gasteiger partial charge in [-0.3, -0.25) is 4.90 Å². The zero-order chi connectivity index (χ0) is 19.3. The molecule has 4 rings (SSSR count). The average Bonchev–Trinajstić information content (AvgIpc) is 3.34. The molecule has 9 heteroatoms. The van der Waals surface area contributed by atoms with Crippen LogP contribution in [-0.2, 0) is 20.1 Å². The maximum Gasteiger partial charge on any atom is 0.231 e. The van der Waals surface area contributed by atoms with Crippen molar-refractivity contribution in [2.45, 2.75) is 20.0 Å². The lowest BCUT2D eigenvalue weighted by Crippen LogP contribution is -2.52. The van der Waals surface area contributed by atoms with Crippen LogP contribution < -0.4 is 14.8 Å². The topological polar surface area (TPSA) is 80.0 Å². The molecule has 28 heavy (non-hydrogen) atoms. The second kappa shape index (κ2) is 8.47. The summed E-state index contributed by atoms with van der Waals surface area (Å²) in [5, 5.41) is 11.4. The fourth-order valence-corrected chi connectivity index (χ4v) is 3.44. The number of nitrogens with zero attached hydrogens (tertiary/aromatic N) is 6. The van der Waals surface area contributed by atoms with Crippen LogP contribution in [0.25, 0.3) is 0 Å². The van der Waals surface area contributed by atoms with E-state index in [1.54, 1.807) is 6.33 Å². The van der Waals surface area contributed by atoms with Crippen molar-refractivity contribution in [1.29, 1.82) is 0 Å². The minimum Gasteiger partial charge on any atom is -0.454 e. The van der Waals surface area contributed by atoms with Crippen molar-refractivity contribution in [1.82, 2.24) is 29.9 Å². The molecular weight excluding hydrogens is 358 g/mol. The highest BCUT2D eigenvalue weighted by atomic mass is 16.7. The largest absolute Gasteiger partial charge is 0.454 e. The first-order valence-corrected chi connectivity index (χ1v) is 9.70. The molecule has 0 radical (unpaired) electrons. The van der Waals surface area contributed by atoms with Gasteiger partial charge in [0.05, 0.1) is 0 Å². The summed E-state index contributed by atoms with van der Waals surface area (Å²) >= 11 is 0. The Balaban J connectivity index is 1.33. The number of piperazine rings is 1. The van der Waals surface area contributed by atoms with E-state index in [0.717, 1.165) is 62.6 Å². The van der Waals surface area contributed by atoms with Gasteiger partial charge in [0.2, 0.25) is 6.79 Å². The van der Waals surface area contributed by atoms with Crippen LogP contribution in [0.4, 0.5) is 0 Å². The summed E-state index contributed by atoms with van der Waals surface area (Å²) < 4.78 is 12.8. The lowest BCUT2D eigenvalue weighted by atomic mass is 10.1. The van der Waals surface area contributed by atoms with Crippen molar-refractivity contribution in [3.8, 4) is 11.5 Å². The molecule has 0 unspecified atom stereocenters. The predicted molar refractivity (Wildman–Crippen MR) is 105 cm³/mol. The number of aliphatic imine (C=N–C) groups is 1. The van der Waals surface area contributed by atoms with Crippen molar-refractivity contribution in [3.05, 3.63) is 35.9 Å². The lowest BCUT2D eigenvalue weighted by Gasteiger charge is -2.36.